The second kappa shape index (κ2) is 7.49. The predicted octanol–water partition coefficient (Wildman–Crippen LogP) is 3.31. The number of hydrogen-bond acceptors (Lipinski definition) is 3. The van der Waals surface area contributed by atoms with Gasteiger partial charge >= 0.3 is 0 Å². The fourth-order valence-electron chi connectivity index (χ4n) is 2.67. The first-order chi connectivity index (χ1) is 12.9. The van der Waals surface area contributed by atoms with Crippen molar-refractivity contribution in [1.82, 2.24) is 15.1 Å². The molecule has 0 aliphatic carbocycles. The number of nitrogens with zero attached hydrogens (tertiary/aromatic N) is 2. The van der Waals surface area contributed by atoms with Crippen LogP contribution in [0.5, 0.6) is 0 Å². The van der Waals surface area contributed by atoms with Gasteiger partial charge in [0.15, 0.2) is 5.69 Å². The zero-order valence-electron chi connectivity index (χ0n) is 14.7. The number of amides is 1. The summed E-state index contributed by atoms with van der Waals surface area (Å²) in [4.78, 5) is 24.8. The molecule has 0 spiro atoms. The maximum absolute atomic E-state index is 14.1. The van der Waals surface area contributed by atoms with Crippen LogP contribution in [0.4, 0.5) is 8.78 Å². The quantitative estimate of drug-likeness (QED) is 0.767. The summed E-state index contributed by atoms with van der Waals surface area (Å²) >= 11 is 0. The van der Waals surface area contributed by atoms with E-state index in [0.717, 1.165) is 0 Å². The lowest BCUT2D eigenvalue weighted by molar-refractivity contribution is 0.0931. The van der Waals surface area contributed by atoms with E-state index in [1.54, 1.807) is 32.0 Å². The maximum Gasteiger partial charge on any atom is 0.276 e. The molecule has 0 saturated carbocycles. The van der Waals surface area contributed by atoms with Crippen molar-refractivity contribution in [1.29, 1.82) is 0 Å². The predicted molar refractivity (Wildman–Crippen MR) is 96.8 cm³/mol. The summed E-state index contributed by atoms with van der Waals surface area (Å²) in [5.74, 6) is -1.60. The zero-order valence-corrected chi connectivity index (χ0v) is 14.7. The highest BCUT2D eigenvalue weighted by Gasteiger charge is 2.19. The van der Waals surface area contributed by atoms with Crippen LogP contribution in [-0.4, -0.2) is 15.7 Å². The SMILES string of the molecule is Cc1cc(=O)c(C(=O)NC(C)c2ccc(F)cc2)nn1-c1ccccc1F. The molecule has 7 heteroatoms. The van der Waals surface area contributed by atoms with Crippen LogP contribution in [0.2, 0.25) is 0 Å². The molecule has 0 saturated heterocycles. The van der Waals surface area contributed by atoms with Gasteiger partial charge in [-0.1, -0.05) is 24.3 Å². The van der Waals surface area contributed by atoms with Gasteiger partial charge in [0.1, 0.15) is 17.3 Å². The van der Waals surface area contributed by atoms with Crippen molar-refractivity contribution in [2.75, 3.05) is 0 Å². The first-order valence-corrected chi connectivity index (χ1v) is 8.29. The van der Waals surface area contributed by atoms with Crippen molar-refractivity contribution in [2.24, 2.45) is 0 Å². The lowest BCUT2D eigenvalue weighted by Gasteiger charge is -2.15. The summed E-state index contributed by atoms with van der Waals surface area (Å²) in [6.07, 6.45) is 0. The van der Waals surface area contributed by atoms with Gasteiger partial charge in [0.2, 0.25) is 5.43 Å². The molecule has 3 aromatic rings. The minimum atomic E-state index is -0.693. The molecular weight excluding hydrogens is 352 g/mol. The van der Waals surface area contributed by atoms with Crippen LogP contribution in [0.15, 0.2) is 59.4 Å². The first kappa shape index (κ1) is 18.4. The summed E-state index contributed by atoms with van der Waals surface area (Å²) in [7, 11) is 0. The maximum atomic E-state index is 14.1. The van der Waals surface area contributed by atoms with Gasteiger partial charge < -0.3 is 5.32 Å². The number of carbonyl (C=O) groups excluding carboxylic acids is 1. The normalized spacial score (nSPS) is 11.9. The van der Waals surface area contributed by atoms with Crippen LogP contribution < -0.4 is 10.7 Å². The molecule has 0 radical (unpaired) electrons. The van der Waals surface area contributed by atoms with E-state index in [0.29, 0.717) is 11.3 Å². The first-order valence-electron chi connectivity index (χ1n) is 8.29. The Bertz CT molecular complexity index is 1050. The smallest absolute Gasteiger partial charge is 0.276 e. The van der Waals surface area contributed by atoms with Crippen LogP contribution in [0.3, 0.4) is 0 Å². The minimum Gasteiger partial charge on any atom is -0.344 e. The Morgan fingerprint density at radius 3 is 2.44 bits per heavy atom. The molecular formula is C20H17F2N3O2. The molecule has 1 aromatic heterocycles. The second-order valence-corrected chi connectivity index (χ2v) is 6.11. The Morgan fingerprint density at radius 2 is 1.78 bits per heavy atom. The summed E-state index contributed by atoms with van der Waals surface area (Å²) in [6, 6.07) is 12.4. The van der Waals surface area contributed by atoms with E-state index in [1.165, 1.54) is 41.1 Å². The number of aryl methyl sites for hydroxylation is 1. The van der Waals surface area contributed by atoms with E-state index in [9.17, 15) is 18.4 Å². The number of benzene rings is 2. The largest absolute Gasteiger partial charge is 0.344 e. The Morgan fingerprint density at radius 1 is 1.11 bits per heavy atom. The van der Waals surface area contributed by atoms with Gasteiger partial charge in [-0.3, -0.25) is 9.59 Å². The molecule has 1 heterocycles. The molecule has 5 nitrogen and oxygen atoms in total. The average Bonchev–Trinajstić information content (AvgIpc) is 2.63. The fourth-order valence-corrected chi connectivity index (χ4v) is 2.67. The van der Waals surface area contributed by atoms with Crippen LogP contribution >= 0.6 is 0 Å². The van der Waals surface area contributed by atoms with Gasteiger partial charge in [-0.05, 0) is 43.7 Å². The molecule has 1 amide bonds. The Balaban J connectivity index is 1.93. The number of rotatable bonds is 4. The topological polar surface area (TPSA) is 64.0 Å². The molecule has 0 fully saturated rings. The van der Waals surface area contributed by atoms with Crippen LogP contribution in [0.25, 0.3) is 5.69 Å². The summed E-state index contributed by atoms with van der Waals surface area (Å²) in [5, 5.41) is 6.71. The molecule has 3 rings (SSSR count). The van der Waals surface area contributed by atoms with Crippen LogP contribution in [-0.2, 0) is 0 Å². The minimum absolute atomic E-state index is 0.135. The van der Waals surface area contributed by atoms with E-state index in [4.69, 9.17) is 0 Å². The van der Waals surface area contributed by atoms with Crippen molar-refractivity contribution in [3.63, 3.8) is 0 Å². The summed E-state index contributed by atoms with van der Waals surface area (Å²) in [6.45, 7) is 3.30. The van der Waals surface area contributed by atoms with E-state index in [-0.39, 0.29) is 17.2 Å². The third-order valence-electron chi connectivity index (χ3n) is 4.12. The van der Waals surface area contributed by atoms with Gasteiger partial charge in [0.25, 0.3) is 5.91 Å². The Kier molecular flexibility index (Phi) is 5.12. The molecule has 27 heavy (non-hydrogen) atoms. The Hall–Kier alpha value is -3.35. The summed E-state index contributed by atoms with van der Waals surface area (Å²) < 4.78 is 28.3. The van der Waals surface area contributed by atoms with Crippen LogP contribution in [0.1, 0.15) is 34.7 Å². The average molecular weight is 369 g/mol. The number of carbonyl (C=O) groups is 1. The zero-order chi connectivity index (χ0) is 19.6. The number of para-hydroxylation sites is 1. The van der Waals surface area contributed by atoms with E-state index in [2.05, 4.69) is 10.4 Å². The van der Waals surface area contributed by atoms with E-state index >= 15 is 0 Å². The van der Waals surface area contributed by atoms with Crippen molar-refractivity contribution in [3.05, 3.63) is 93.4 Å². The molecule has 1 N–H and O–H groups in total. The molecule has 138 valence electrons. The molecule has 1 unspecified atom stereocenters. The van der Waals surface area contributed by atoms with Crippen molar-refractivity contribution >= 4 is 5.91 Å². The molecule has 0 bridgehead atoms. The Labute approximate surface area is 154 Å². The monoisotopic (exact) mass is 369 g/mol. The van der Waals surface area contributed by atoms with Crippen molar-refractivity contribution in [2.45, 2.75) is 19.9 Å². The van der Waals surface area contributed by atoms with E-state index in [1.807, 2.05) is 0 Å². The third-order valence-corrected chi connectivity index (χ3v) is 4.12. The number of hydrogen-bond donors (Lipinski definition) is 1. The molecule has 1 atom stereocenters. The van der Waals surface area contributed by atoms with Gasteiger partial charge in [-0.2, -0.15) is 5.10 Å². The van der Waals surface area contributed by atoms with Gasteiger partial charge in [-0.15, -0.1) is 0 Å². The lowest BCUT2D eigenvalue weighted by Crippen LogP contribution is -2.33. The van der Waals surface area contributed by atoms with Gasteiger partial charge in [0, 0.05) is 11.8 Å². The third kappa shape index (κ3) is 3.92. The fraction of sp³-hybridized carbons (Fsp3) is 0.150. The number of nitrogens with one attached hydrogen (secondary N) is 1. The molecule has 0 aliphatic rings. The van der Waals surface area contributed by atoms with Crippen molar-refractivity contribution < 1.29 is 13.6 Å². The molecule has 0 aliphatic heterocycles. The highest BCUT2D eigenvalue weighted by molar-refractivity contribution is 5.92. The van der Waals surface area contributed by atoms with Crippen LogP contribution in [0, 0.1) is 18.6 Å². The van der Waals surface area contributed by atoms with Crippen molar-refractivity contribution in [3.8, 4) is 5.69 Å². The second-order valence-electron chi connectivity index (χ2n) is 6.11. The standard InChI is InChI=1S/C20H17F2N3O2/c1-12-11-18(26)19(24-25(12)17-6-4-3-5-16(17)22)20(27)23-13(2)14-7-9-15(21)10-8-14/h3-11,13H,1-2H3,(H,23,27). The van der Waals surface area contributed by atoms with Gasteiger partial charge in [-0.25, -0.2) is 13.5 Å². The van der Waals surface area contributed by atoms with E-state index < -0.39 is 23.2 Å². The molecule has 2 aromatic carbocycles. The van der Waals surface area contributed by atoms with Gasteiger partial charge in [0.05, 0.1) is 6.04 Å². The highest BCUT2D eigenvalue weighted by atomic mass is 19.1. The summed E-state index contributed by atoms with van der Waals surface area (Å²) in [5.41, 5.74) is 0.289. The number of halogens is 2. The number of aromatic nitrogens is 2. The highest BCUT2D eigenvalue weighted by Crippen LogP contribution is 2.15. The lowest BCUT2D eigenvalue weighted by atomic mass is 10.1.